The molecule has 1 nitrogen and oxygen atoms in total. The van der Waals surface area contributed by atoms with Gasteiger partial charge < -0.3 is 4.90 Å². The van der Waals surface area contributed by atoms with Crippen molar-refractivity contribution in [2.45, 2.75) is 30.1 Å². The second-order valence-corrected chi connectivity index (χ2v) is 21.0. The van der Waals surface area contributed by atoms with Crippen LogP contribution in [0.1, 0.15) is 69.5 Å². The van der Waals surface area contributed by atoms with Gasteiger partial charge in [0.2, 0.25) is 0 Å². The van der Waals surface area contributed by atoms with Crippen LogP contribution in [0.2, 0.25) is 0 Å². The van der Waals surface area contributed by atoms with E-state index in [4.69, 9.17) is 0 Å². The van der Waals surface area contributed by atoms with E-state index < -0.39 is 10.8 Å². The Kier molecular flexibility index (Phi) is 7.88. The van der Waals surface area contributed by atoms with Crippen LogP contribution in [0, 0.1) is 0 Å². The van der Waals surface area contributed by atoms with Crippen molar-refractivity contribution in [1.82, 2.24) is 0 Å². The van der Waals surface area contributed by atoms with E-state index in [0.29, 0.717) is 0 Å². The minimum absolute atomic E-state index is 0.197. The molecule has 1 heteroatoms. The molecule has 0 saturated heterocycles. The lowest BCUT2D eigenvalue weighted by atomic mass is 9.70. The van der Waals surface area contributed by atoms with Gasteiger partial charge in [-0.3, -0.25) is 0 Å². The quantitative estimate of drug-likeness (QED) is 0.170. The highest BCUT2D eigenvalue weighted by Gasteiger charge is 2.54. The first kappa shape index (κ1) is 40.0. The molecule has 0 atom stereocenters. The first-order valence-electron chi connectivity index (χ1n) is 25.5. The summed E-state index contributed by atoms with van der Waals surface area (Å²) in [5, 5.41) is 0. The van der Waals surface area contributed by atoms with E-state index in [2.05, 4.69) is 267 Å². The molecule has 5 aliphatic carbocycles. The Hall–Kier alpha value is -8.78. The molecule has 0 N–H and O–H groups in total. The van der Waals surface area contributed by atoms with E-state index >= 15 is 0 Å². The smallest absolute Gasteiger partial charge is 0.0726 e. The third-order valence-electron chi connectivity index (χ3n) is 17.5. The van der Waals surface area contributed by atoms with Crippen molar-refractivity contribution in [3.05, 3.63) is 304 Å². The third kappa shape index (κ3) is 4.84. The van der Waals surface area contributed by atoms with Crippen LogP contribution in [0.3, 0.4) is 0 Å². The van der Waals surface area contributed by atoms with E-state index in [9.17, 15) is 0 Å². The molecule has 0 aliphatic heterocycles. The van der Waals surface area contributed by atoms with Crippen molar-refractivity contribution < 1.29 is 0 Å². The summed E-state index contributed by atoms with van der Waals surface area (Å²) in [6, 6.07) is 94.9. The number of anilines is 3. The molecular formula is C71H47N. The molecule has 11 aromatic carbocycles. The van der Waals surface area contributed by atoms with Gasteiger partial charge in [0.1, 0.15) is 0 Å². The molecule has 0 bridgehead atoms. The molecule has 0 heterocycles. The van der Waals surface area contributed by atoms with Crippen molar-refractivity contribution in [2.75, 3.05) is 4.90 Å². The molecular weight excluding hydrogens is 867 g/mol. The largest absolute Gasteiger partial charge is 0.310 e. The molecule has 0 radical (unpaired) electrons. The zero-order chi connectivity index (χ0) is 47.5. The average Bonchev–Trinajstić information content (AvgIpc) is 4.17. The highest BCUT2D eigenvalue weighted by atomic mass is 15.1. The van der Waals surface area contributed by atoms with Crippen LogP contribution < -0.4 is 4.90 Å². The molecule has 11 aromatic rings. The van der Waals surface area contributed by atoms with Gasteiger partial charge in [-0.15, -0.1) is 0 Å². The minimum atomic E-state index is -0.517. The molecule has 0 fully saturated rings. The van der Waals surface area contributed by atoms with Crippen molar-refractivity contribution in [2.24, 2.45) is 0 Å². The second-order valence-electron chi connectivity index (χ2n) is 21.0. The first-order valence-corrected chi connectivity index (χ1v) is 25.5. The fourth-order valence-corrected chi connectivity index (χ4v) is 14.6. The van der Waals surface area contributed by atoms with Gasteiger partial charge in [-0.1, -0.05) is 226 Å². The lowest BCUT2D eigenvalue weighted by Crippen LogP contribution is -2.27. The molecule has 5 aliphatic rings. The Morgan fingerprint density at radius 2 is 0.556 bits per heavy atom. The molecule has 336 valence electrons. The van der Waals surface area contributed by atoms with Gasteiger partial charge in [-0.2, -0.15) is 0 Å². The summed E-state index contributed by atoms with van der Waals surface area (Å²) in [7, 11) is 0. The van der Waals surface area contributed by atoms with Gasteiger partial charge >= 0.3 is 0 Å². The average molecular weight is 914 g/mol. The second kappa shape index (κ2) is 14.2. The van der Waals surface area contributed by atoms with Gasteiger partial charge in [-0.05, 0) is 153 Å². The van der Waals surface area contributed by atoms with Gasteiger partial charge in [-0.25, -0.2) is 0 Å². The Balaban J connectivity index is 1.03. The molecule has 0 amide bonds. The third-order valence-corrected chi connectivity index (χ3v) is 17.5. The highest BCUT2D eigenvalue weighted by molar-refractivity contribution is 6.02. The van der Waals surface area contributed by atoms with Crippen molar-refractivity contribution >= 4 is 17.1 Å². The summed E-state index contributed by atoms with van der Waals surface area (Å²) in [4.78, 5) is 2.62. The molecule has 0 unspecified atom stereocenters. The summed E-state index contributed by atoms with van der Waals surface area (Å²) in [5.74, 6) is 0. The predicted octanol–water partition coefficient (Wildman–Crippen LogP) is 17.8. The number of benzene rings is 11. The van der Waals surface area contributed by atoms with Crippen LogP contribution in [0.4, 0.5) is 17.1 Å². The monoisotopic (exact) mass is 913 g/mol. The van der Waals surface area contributed by atoms with Crippen LogP contribution in [-0.2, 0) is 16.2 Å². The van der Waals surface area contributed by atoms with Gasteiger partial charge in [0.25, 0.3) is 0 Å². The van der Waals surface area contributed by atoms with Crippen LogP contribution >= 0.6 is 0 Å². The number of rotatable bonds is 4. The standard InChI is InChI=1S/C71H47N/c1-69(2)58-29-13-6-22-47(58)54-38-36-45(40-65(54)69)72(46-37-39-55-52-27-11-18-34-63(52)70(66(55)41-46)59-30-14-7-23-48(59)49-24-8-15-31-60(49)70)68-43-67-57(42-56(68)44-20-4-3-5-21-44)53-28-12-19-35-64(53)71(67)61-32-16-9-25-50(61)51-26-10-17-33-62(51)71/h3-43H,1-2H3. The minimum Gasteiger partial charge on any atom is -0.310 e. The van der Waals surface area contributed by atoms with Gasteiger partial charge in [0, 0.05) is 22.4 Å². The molecule has 0 aromatic heterocycles. The fourth-order valence-electron chi connectivity index (χ4n) is 14.6. The first-order chi connectivity index (χ1) is 35.5. The lowest BCUT2D eigenvalue weighted by molar-refractivity contribution is 0.660. The van der Waals surface area contributed by atoms with Crippen LogP contribution in [0.15, 0.2) is 249 Å². The van der Waals surface area contributed by atoms with Gasteiger partial charge in [0.15, 0.2) is 0 Å². The highest BCUT2D eigenvalue weighted by Crippen LogP contribution is 2.66. The van der Waals surface area contributed by atoms with Crippen molar-refractivity contribution in [1.29, 1.82) is 0 Å². The normalized spacial score (nSPS) is 15.1. The van der Waals surface area contributed by atoms with Crippen LogP contribution in [-0.4, -0.2) is 0 Å². The summed E-state index contributed by atoms with van der Waals surface area (Å²) in [6.07, 6.45) is 0. The van der Waals surface area contributed by atoms with E-state index in [-0.39, 0.29) is 5.41 Å². The van der Waals surface area contributed by atoms with Crippen molar-refractivity contribution in [3.63, 3.8) is 0 Å². The van der Waals surface area contributed by atoms with E-state index in [0.717, 1.165) is 17.1 Å². The Morgan fingerprint density at radius 1 is 0.236 bits per heavy atom. The maximum atomic E-state index is 2.62. The van der Waals surface area contributed by atoms with E-state index in [1.54, 1.807) is 0 Å². The summed E-state index contributed by atoms with van der Waals surface area (Å²) in [5.41, 5.74) is 31.1. The number of nitrogens with zero attached hydrogens (tertiary/aromatic N) is 1. The molecule has 0 saturated carbocycles. The Labute approximate surface area is 421 Å². The van der Waals surface area contributed by atoms with Gasteiger partial charge in [0.05, 0.1) is 16.5 Å². The lowest BCUT2D eigenvalue weighted by Gasteiger charge is -2.35. The Morgan fingerprint density at radius 3 is 1.00 bits per heavy atom. The topological polar surface area (TPSA) is 3.24 Å². The fraction of sp³-hybridized carbons (Fsp3) is 0.0704. The van der Waals surface area contributed by atoms with E-state index in [1.807, 2.05) is 0 Å². The zero-order valence-corrected chi connectivity index (χ0v) is 40.1. The number of hydrogen-bond acceptors (Lipinski definition) is 1. The molecule has 2 spiro atoms. The molecule has 72 heavy (non-hydrogen) atoms. The number of fused-ring (bicyclic) bond motifs is 23. The Bertz CT molecular complexity index is 4040. The summed E-state index contributed by atoms with van der Waals surface area (Å²) in [6.45, 7) is 4.80. The predicted molar refractivity (Wildman–Crippen MR) is 297 cm³/mol. The summed E-state index contributed by atoms with van der Waals surface area (Å²) < 4.78 is 0. The molecule has 16 rings (SSSR count). The van der Waals surface area contributed by atoms with Crippen LogP contribution in [0.25, 0.3) is 66.8 Å². The maximum absolute atomic E-state index is 2.62. The van der Waals surface area contributed by atoms with Crippen molar-refractivity contribution in [3.8, 4) is 66.8 Å². The van der Waals surface area contributed by atoms with E-state index in [1.165, 1.54) is 122 Å². The SMILES string of the molecule is CC1(C)c2ccccc2-c2ccc(N(c3ccc4c(c3)C3(c5ccccc5-c5ccccc53)c3ccccc3-4)c3cc4c(cc3-c3ccccc3)-c3ccccc3C43c4ccccc4-c4ccccc43)cc21. The zero-order valence-electron chi connectivity index (χ0n) is 40.1. The van der Waals surface area contributed by atoms with Crippen LogP contribution in [0.5, 0.6) is 0 Å². The maximum Gasteiger partial charge on any atom is 0.0726 e. The summed E-state index contributed by atoms with van der Waals surface area (Å²) >= 11 is 0. The number of hydrogen-bond donors (Lipinski definition) is 0.